The van der Waals surface area contributed by atoms with Crippen molar-refractivity contribution in [1.82, 2.24) is 10.2 Å². The second kappa shape index (κ2) is 4.79. The Morgan fingerprint density at radius 2 is 2.29 bits per heavy atom. The third-order valence-electron chi connectivity index (χ3n) is 1.95. The van der Waals surface area contributed by atoms with Crippen LogP contribution in [0.3, 0.4) is 0 Å². The molecule has 0 saturated heterocycles. The van der Waals surface area contributed by atoms with Crippen molar-refractivity contribution >= 4 is 17.3 Å². The van der Waals surface area contributed by atoms with Crippen LogP contribution in [0.4, 0.5) is 0 Å². The van der Waals surface area contributed by atoms with Gasteiger partial charge in [0.1, 0.15) is 22.6 Å². The number of aromatic carboxylic acids is 1. The minimum atomic E-state index is -1.09. The first-order chi connectivity index (χ1) is 8.20. The largest absolute Gasteiger partial charge is 0.497 e. The molecule has 7 heteroatoms. The summed E-state index contributed by atoms with van der Waals surface area (Å²) >= 11 is 1.18. The molecule has 17 heavy (non-hydrogen) atoms. The van der Waals surface area contributed by atoms with E-state index in [2.05, 4.69) is 10.2 Å². The van der Waals surface area contributed by atoms with Crippen molar-refractivity contribution in [1.29, 1.82) is 0 Å². The summed E-state index contributed by atoms with van der Waals surface area (Å²) < 4.78 is 10.3. The number of ether oxygens (including phenoxy) is 2. The smallest absolute Gasteiger partial charge is 0.339 e. The first-order valence-electron chi connectivity index (χ1n) is 4.56. The molecule has 1 aromatic carbocycles. The molecule has 1 heterocycles. The lowest BCUT2D eigenvalue weighted by atomic mass is 10.2. The van der Waals surface area contributed by atoms with E-state index in [1.807, 2.05) is 0 Å². The fourth-order valence-electron chi connectivity index (χ4n) is 1.19. The molecular weight excluding hydrogens is 244 g/mol. The first kappa shape index (κ1) is 11.3. The van der Waals surface area contributed by atoms with Gasteiger partial charge in [-0.3, -0.25) is 0 Å². The summed E-state index contributed by atoms with van der Waals surface area (Å²) in [6.07, 6.45) is 0. The fraction of sp³-hybridized carbons (Fsp3) is 0.100. The van der Waals surface area contributed by atoms with Crippen molar-refractivity contribution in [3.05, 3.63) is 29.3 Å². The Labute approximate surface area is 100 Å². The Balaban J connectivity index is 2.36. The predicted molar refractivity (Wildman–Crippen MR) is 59.9 cm³/mol. The van der Waals surface area contributed by atoms with Crippen LogP contribution in [0.25, 0.3) is 0 Å². The van der Waals surface area contributed by atoms with Gasteiger partial charge in [-0.1, -0.05) is 16.4 Å². The molecule has 0 radical (unpaired) electrons. The first-order valence-corrected chi connectivity index (χ1v) is 5.44. The van der Waals surface area contributed by atoms with E-state index in [-0.39, 0.29) is 16.5 Å². The van der Waals surface area contributed by atoms with E-state index >= 15 is 0 Å². The van der Waals surface area contributed by atoms with E-state index in [0.29, 0.717) is 5.75 Å². The number of methoxy groups -OCH3 is 1. The molecule has 0 saturated carbocycles. The summed E-state index contributed by atoms with van der Waals surface area (Å²) in [5.74, 6) is -0.439. The number of carbonyl (C=O) groups is 1. The quantitative estimate of drug-likeness (QED) is 0.896. The van der Waals surface area contributed by atoms with Crippen molar-refractivity contribution in [2.24, 2.45) is 0 Å². The van der Waals surface area contributed by atoms with Gasteiger partial charge < -0.3 is 14.6 Å². The van der Waals surface area contributed by atoms with Gasteiger partial charge in [-0.25, -0.2) is 4.79 Å². The van der Waals surface area contributed by atoms with Gasteiger partial charge in [-0.2, -0.15) is 0 Å². The standard InChI is InChI=1S/C10H8N2O4S/c1-15-6-2-3-8(7(4-6)9(13)14)16-10-12-11-5-17-10/h2-5H,1H3,(H,13,14). The lowest BCUT2D eigenvalue weighted by Gasteiger charge is -2.07. The Kier molecular flexibility index (Phi) is 3.20. The van der Waals surface area contributed by atoms with Gasteiger partial charge in [-0.05, 0) is 18.2 Å². The Morgan fingerprint density at radius 3 is 2.88 bits per heavy atom. The number of carboxylic acid groups (broad SMARTS) is 1. The van der Waals surface area contributed by atoms with Gasteiger partial charge in [-0.15, -0.1) is 5.10 Å². The SMILES string of the molecule is COc1ccc(Oc2nncs2)c(C(=O)O)c1. The molecule has 2 rings (SSSR count). The van der Waals surface area contributed by atoms with E-state index in [9.17, 15) is 4.79 Å². The molecule has 0 aliphatic heterocycles. The molecule has 0 aliphatic rings. The molecule has 1 N–H and O–H groups in total. The number of benzene rings is 1. The summed E-state index contributed by atoms with van der Waals surface area (Å²) in [6, 6.07) is 4.52. The van der Waals surface area contributed by atoms with Crippen molar-refractivity contribution in [3.8, 4) is 16.7 Å². The number of rotatable bonds is 4. The van der Waals surface area contributed by atoms with Gasteiger partial charge in [0.2, 0.25) is 0 Å². The highest BCUT2D eigenvalue weighted by molar-refractivity contribution is 7.11. The summed E-state index contributed by atoms with van der Waals surface area (Å²) in [7, 11) is 1.46. The van der Waals surface area contributed by atoms with Crippen LogP contribution in [0.5, 0.6) is 16.7 Å². The zero-order valence-corrected chi connectivity index (χ0v) is 9.60. The van der Waals surface area contributed by atoms with Crippen molar-refractivity contribution in [2.75, 3.05) is 7.11 Å². The molecule has 0 spiro atoms. The van der Waals surface area contributed by atoms with Crippen LogP contribution < -0.4 is 9.47 Å². The number of carboxylic acids is 1. The van der Waals surface area contributed by atoms with Crippen LogP contribution >= 0.6 is 11.3 Å². The summed E-state index contributed by atoms with van der Waals surface area (Å²) in [4.78, 5) is 11.1. The van der Waals surface area contributed by atoms with Crippen LogP contribution in [0, 0.1) is 0 Å². The highest BCUT2D eigenvalue weighted by atomic mass is 32.1. The van der Waals surface area contributed by atoms with E-state index in [4.69, 9.17) is 14.6 Å². The maximum Gasteiger partial charge on any atom is 0.339 e. The van der Waals surface area contributed by atoms with Gasteiger partial charge >= 0.3 is 5.97 Å². The topological polar surface area (TPSA) is 81.5 Å². The molecule has 0 amide bonds. The number of hydrogen-bond acceptors (Lipinski definition) is 6. The molecule has 0 aliphatic carbocycles. The highest BCUT2D eigenvalue weighted by Gasteiger charge is 2.14. The monoisotopic (exact) mass is 252 g/mol. The third-order valence-corrected chi connectivity index (χ3v) is 2.52. The molecule has 0 atom stereocenters. The number of aromatic nitrogens is 2. The van der Waals surface area contributed by atoms with Crippen molar-refractivity contribution in [2.45, 2.75) is 0 Å². The van der Waals surface area contributed by atoms with Crippen molar-refractivity contribution in [3.63, 3.8) is 0 Å². The lowest BCUT2D eigenvalue weighted by Crippen LogP contribution is -2.00. The van der Waals surface area contributed by atoms with Crippen molar-refractivity contribution < 1.29 is 19.4 Å². The van der Waals surface area contributed by atoms with E-state index < -0.39 is 5.97 Å². The molecule has 2 aromatic rings. The summed E-state index contributed by atoms with van der Waals surface area (Å²) in [6.45, 7) is 0. The van der Waals surface area contributed by atoms with Crippen LogP contribution in [0.15, 0.2) is 23.7 Å². The van der Waals surface area contributed by atoms with Gasteiger partial charge in [0.05, 0.1) is 7.11 Å². The minimum absolute atomic E-state index is 0.0135. The second-order valence-corrected chi connectivity index (χ2v) is 3.77. The van der Waals surface area contributed by atoms with E-state index in [0.717, 1.165) is 0 Å². The summed E-state index contributed by atoms with van der Waals surface area (Å²) in [5.41, 5.74) is 1.51. The molecule has 0 unspecified atom stereocenters. The lowest BCUT2D eigenvalue weighted by molar-refractivity contribution is 0.0693. The Morgan fingerprint density at radius 1 is 1.47 bits per heavy atom. The third kappa shape index (κ3) is 2.51. The van der Waals surface area contributed by atoms with Gasteiger partial charge in [0.25, 0.3) is 5.19 Å². The van der Waals surface area contributed by atoms with Crippen LogP contribution in [-0.4, -0.2) is 28.4 Å². The second-order valence-electron chi connectivity index (χ2n) is 2.97. The Bertz CT molecular complexity index is 527. The maximum atomic E-state index is 11.1. The zero-order chi connectivity index (χ0) is 12.3. The van der Waals surface area contributed by atoms with Crippen LogP contribution in [-0.2, 0) is 0 Å². The minimum Gasteiger partial charge on any atom is -0.497 e. The molecule has 1 aromatic heterocycles. The van der Waals surface area contributed by atoms with Crippen LogP contribution in [0.2, 0.25) is 0 Å². The molecule has 0 fully saturated rings. The van der Waals surface area contributed by atoms with E-state index in [1.165, 1.54) is 36.1 Å². The predicted octanol–water partition coefficient (Wildman–Crippen LogP) is 2.04. The number of nitrogens with zero attached hydrogens (tertiary/aromatic N) is 2. The van der Waals surface area contributed by atoms with Crippen LogP contribution in [0.1, 0.15) is 10.4 Å². The fourth-order valence-corrected chi connectivity index (χ4v) is 1.61. The van der Waals surface area contributed by atoms with E-state index in [1.54, 1.807) is 6.07 Å². The normalized spacial score (nSPS) is 9.94. The summed E-state index contributed by atoms with van der Waals surface area (Å²) in [5, 5.41) is 16.6. The molecule has 0 bridgehead atoms. The Hall–Kier alpha value is -2.15. The highest BCUT2D eigenvalue weighted by Crippen LogP contribution is 2.29. The maximum absolute atomic E-state index is 11.1. The number of hydrogen-bond donors (Lipinski definition) is 1. The van der Waals surface area contributed by atoms with Gasteiger partial charge in [0.15, 0.2) is 0 Å². The average Bonchev–Trinajstić information content (AvgIpc) is 2.82. The molecular formula is C10H8N2O4S. The molecule has 6 nitrogen and oxygen atoms in total. The molecule has 88 valence electrons. The average molecular weight is 252 g/mol. The van der Waals surface area contributed by atoms with Gasteiger partial charge in [0, 0.05) is 0 Å². The zero-order valence-electron chi connectivity index (χ0n) is 8.78.